The Hall–Kier alpha value is -4.17. The van der Waals surface area contributed by atoms with E-state index in [-0.39, 0.29) is 21.4 Å². The second-order valence-electron chi connectivity index (χ2n) is 9.10. The SMILES string of the molecule is C=C(CC)C(=O)c1ccc(OCC(=O)OC(C)C(=O)OC(C)C(=O)OC(C)C(=O)OC(C)C(=O)OC(C)C(=O)O)c(Cl)c1Cl. The molecule has 44 heavy (non-hydrogen) atoms. The van der Waals surface area contributed by atoms with E-state index >= 15 is 0 Å². The van der Waals surface area contributed by atoms with Gasteiger partial charge >= 0.3 is 35.8 Å². The van der Waals surface area contributed by atoms with Crippen LogP contribution in [0.2, 0.25) is 10.0 Å². The Bertz CT molecular complexity index is 1310. The van der Waals surface area contributed by atoms with Crippen LogP contribution in [0.25, 0.3) is 0 Å². The van der Waals surface area contributed by atoms with Crippen LogP contribution >= 0.6 is 23.2 Å². The van der Waals surface area contributed by atoms with E-state index in [0.717, 1.165) is 34.6 Å². The van der Waals surface area contributed by atoms with Gasteiger partial charge < -0.3 is 33.5 Å². The molecule has 0 saturated carbocycles. The van der Waals surface area contributed by atoms with Gasteiger partial charge in [0.15, 0.2) is 42.9 Å². The fraction of sp³-hybridized carbons (Fsp3) is 0.464. The summed E-state index contributed by atoms with van der Waals surface area (Å²) in [4.78, 5) is 83.9. The van der Waals surface area contributed by atoms with Crippen molar-refractivity contribution in [1.82, 2.24) is 0 Å². The van der Waals surface area contributed by atoms with Gasteiger partial charge in [0, 0.05) is 5.56 Å². The van der Waals surface area contributed by atoms with Gasteiger partial charge in [0.25, 0.3) is 0 Å². The van der Waals surface area contributed by atoms with Crippen molar-refractivity contribution < 1.29 is 67.1 Å². The van der Waals surface area contributed by atoms with E-state index in [2.05, 4.69) is 11.3 Å². The lowest BCUT2D eigenvalue weighted by Gasteiger charge is -2.20. The van der Waals surface area contributed by atoms with Gasteiger partial charge in [-0.15, -0.1) is 0 Å². The van der Waals surface area contributed by atoms with Crippen LogP contribution in [0.5, 0.6) is 5.75 Å². The minimum absolute atomic E-state index is 0.0346. The Balaban J connectivity index is 2.60. The molecule has 1 aromatic rings. The van der Waals surface area contributed by atoms with Crippen LogP contribution in [0.3, 0.4) is 0 Å². The zero-order valence-electron chi connectivity index (χ0n) is 24.7. The smallest absolute Gasteiger partial charge is 0.347 e. The second kappa shape index (κ2) is 17.2. The number of benzene rings is 1. The van der Waals surface area contributed by atoms with E-state index in [1.54, 1.807) is 6.92 Å². The maximum atomic E-state index is 12.3. The van der Waals surface area contributed by atoms with Gasteiger partial charge in [-0.2, -0.15) is 0 Å². The van der Waals surface area contributed by atoms with Crippen molar-refractivity contribution in [1.29, 1.82) is 0 Å². The van der Waals surface area contributed by atoms with Crippen LogP contribution in [0.1, 0.15) is 58.3 Å². The maximum Gasteiger partial charge on any atom is 0.347 e. The van der Waals surface area contributed by atoms with Gasteiger partial charge in [0.05, 0.1) is 5.02 Å². The van der Waals surface area contributed by atoms with Crippen molar-refractivity contribution in [3.05, 3.63) is 39.9 Å². The van der Waals surface area contributed by atoms with Gasteiger partial charge in [-0.25, -0.2) is 28.8 Å². The number of carboxylic acid groups (broad SMARTS) is 1. The highest BCUT2D eigenvalue weighted by atomic mass is 35.5. The molecule has 0 aromatic heterocycles. The molecule has 0 bridgehead atoms. The summed E-state index contributed by atoms with van der Waals surface area (Å²) in [7, 11) is 0. The van der Waals surface area contributed by atoms with Crippen LogP contribution < -0.4 is 4.74 Å². The lowest BCUT2D eigenvalue weighted by molar-refractivity contribution is -0.186. The molecule has 0 amide bonds. The van der Waals surface area contributed by atoms with E-state index in [1.807, 2.05) is 0 Å². The molecular formula is C28H32Cl2O14. The summed E-state index contributed by atoms with van der Waals surface area (Å²) in [6.07, 6.45) is -7.20. The van der Waals surface area contributed by atoms with E-state index < -0.39 is 78.7 Å². The first-order chi connectivity index (χ1) is 20.4. The van der Waals surface area contributed by atoms with Crippen LogP contribution in [0.4, 0.5) is 0 Å². The van der Waals surface area contributed by atoms with Gasteiger partial charge in [0.1, 0.15) is 10.8 Å². The van der Waals surface area contributed by atoms with Crippen LogP contribution in [0, 0.1) is 0 Å². The molecule has 0 saturated heterocycles. The Morgan fingerprint density at radius 1 is 0.705 bits per heavy atom. The third kappa shape index (κ3) is 11.2. The summed E-state index contributed by atoms with van der Waals surface area (Å²) in [5.41, 5.74) is 0.427. The van der Waals surface area contributed by atoms with Crippen LogP contribution in [-0.4, -0.2) is 83.8 Å². The molecule has 14 nitrogen and oxygen atoms in total. The van der Waals surface area contributed by atoms with Crippen LogP contribution in [-0.2, 0) is 52.5 Å². The number of Topliss-reactive ketones (excluding diaryl/α,β-unsaturated/α-hetero) is 1. The summed E-state index contributed by atoms with van der Waals surface area (Å²) in [5.74, 6) is -7.47. The number of carboxylic acids is 1. The molecule has 0 aliphatic carbocycles. The molecule has 1 aromatic carbocycles. The van der Waals surface area contributed by atoms with Gasteiger partial charge in [-0.3, -0.25) is 4.79 Å². The minimum atomic E-state index is -1.56. The number of hydrogen-bond acceptors (Lipinski definition) is 13. The van der Waals surface area contributed by atoms with Crippen molar-refractivity contribution in [2.75, 3.05) is 6.61 Å². The van der Waals surface area contributed by atoms with Crippen molar-refractivity contribution in [2.45, 2.75) is 78.5 Å². The normalized spacial score (nSPS) is 14.0. The largest absolute Gasteiger partial charge is 0.480 e. The van der Waals surface area contributed by atoms with E-state index in [4.69, 9.17) is 52.0 Å². The first-order valence-electron chi connectivity index (χ1n) is 13.0. The predicted octanol–water partition coefficient (Wildman–Crippen LogP) is 3.26. The quantitative estimate of drug-likeness (QED) is 0.117. The van der Waals surface area contributed by atoms with Crippen molar-refractivity contribution >= 4 is 64.8 Å². The number of esters is 5. The summed E-state index contributed by atoms with van der Waals surface area (Å²) in [5, 5.41) is 8.54. The Morgan fingerprint density at radius 2 is 1.11 bits per heavy atom. The summed E-state index contributed by atoms with van der Waals surface area (Å²) < 4.78 is 29.4. The summed E-state index contributed by atoms with van der Waals surface area (Å²) >= 11 is 12.3. The van der Waals surface area contributed by atoms with E-state index in [0.29, 0.717) is 12.0 Å². The fourth-order valence-electron chi connectivity index (χ4n) is 2.86. The molecule has 242 valence electrons. The first kappa shape index (κ1) is 37.9. The fourth-order valence-corrected chi connectivity index (χ4v) is 3.32. The van der Waals surface area contributed by atoms with Crippen molar-refractivity contribution in [3.8, 4) is 5.75 Å². The highest BCUT2D eigenvalue weighted by molar-refractivity contribution is 6.45. The number of hydrogen-bond donors (Lipinski definition) is 1. The van der Waals surface area contributed by atoms with Gasteiger partial charge in [0.2, 0.25) is 0 Å². The topological polar surface area (TPSA) is 195 Å². The molecule has 5 atom stereocenters. The minimum Gasteiger partial charge on any atom is -0.480 e. The monoisotopic (exact) mass is 662 g/mol. The predicted molar refractivity (Wildman–Crippen MR) is 151 cm³/mol. The first-order valence-corrected chi connectivity index (χ1v) is 13.7. The lowest BCUT2D eigenvalue weighted by Crippen LogP contribution is -2.38. The molecule has 16 heteroatoms. The average molecular weight is 663 g/mol. The highest BCUT2D eigenvalue weighted by Crippen LogP contribution is 2.35. The molecule has 1 rings (SSSR count). The Morgan fingerprint density at radius 3 is 1.52 bits per heavy atom. The zero-order chi connectivity index (χ0) is 33.9. The third-order valence-electron chi connectivity index (χ3n) is 5.54. The van der Waals surface area contributed by atoms with Crippen molar-refractivity contribution in [2.24, 2.45) is 0 Å². The molecular weight excluding hydrogens is 631 g/mol. The zero-order valence-corrected chi connectivity index (χ0v) is 26.2. The Kier molecular flexibility index (Phi) is 14.8. The summed E-state index contributed by atoms with van der Waals surface area (Å²) in [6.45, 7) is 10.3. The second-order valence-corrected chi connectivity index (χ2v) is 9.86. The number of halogens is 2. The van der Waals surface area contributed by atoms with Gasteiger partial charge in [-0.05, 0) is 58.7 Å². The molecule has 0 aliphatic heterocycles. The number of aliphatic carboxylic acids is 1. The number of ketones is 1. The molecule has 0 fully saturated rings. The molecule has 0 radical (unpaired) electrons. The number of carbonyl (C=O) groups is 7. The number of carbonyl (C=O) groups excluding carboxylic acids is 6. The van der Waals surface area contributed by atoms with Crippen LogP contribution in [0.15, 0.2) is 24.3 Å². The standard InChI is InChI=1S/C28H32Cl2O14/c1-8-12(2)23(32)18-9-10-19(22(30)21(18)29)39-11-20(31)40-14(4)25(35)42-16(6)27(37)44-17(7)28(38)43-15(5)26(36)41-13(3)24(33)34/h9-10,13-17H,2,8,11H2,1,3-7H3,(H,33,34). The molecule has 5 unspecified atom stereocenters. The van der Waals surface area contributed by atoms with Gasteiger partial charge in [-0.1, -0.05) is 36.7 Å². The Labute approximate surface area is 262 Å². The molecule has 1 N–H and O–H groups in total. The average Bonchev–Trinajstić information content (AvgIpc) is 2.96. The third-order valence-corrected chi connectivity index (χ3v) is 6.40. The van der Waals surface area contributed by atoms with E-state index in [1.165, 1.54) is 12.1 Å². The molecule has 0 heterocycles. The van der Waals surface area contributed by atoms with E-state index in [9.17, 15) is 33.6 Å². The highest BCUT2D eigenvalue weighted by Gasteiger charge is 2.31. The molecule has 0 aliphatic rings. The lowest BCUT2D eigenvalue weighted by atomic mass is 10.0. The van der Waals surface area contributed by atoms with Crippen molar-refractivity contribution in [3.63, 3.8) is 0 Å². The maximum absolute atomic E-state index is 12.3. The molecule has 0 spiro atoms. The number of rotatable bonds is 16. The number of ether oxygens (including phenoxy) is 6. The summed E-state index contributed by atoms with van der Waals surface area (Å²) in [6, 6.07) is 2.68. The number of allylic oxidation sites excluding steroid dienone is 1.